The Bertz CT molecular complexity index is 704. The maximum atomic E-state index is 12.0. The zero-order valence-corrected chi connectivity index (χ0v) is 16.9. The fraction of sp³-hybridized carbons (Fsp3) is 0.500. The summed E-state index contributed by atoms with van der Waals surface area (Å²) in [6, 6.07) is 7.49. The molecule has 0 aliphatic rings. The predicted molar refractivity (Wildman–Crippen MR) is 106 cm³/mol. The fourth-order valence-electron chi connectivity index (χ4n) is 2.29. The maximum Gasteiger partial charge on any atom is 0.230 e. The Morgan fingerprint density at radius 1 is 1.31 bits per heavy atom. The van der Waals surface area contributed by atoms with Crippen LogP contribution in [0.25, 0.3) is 11.4 Å². The molecular weight excluding hydrogens is 372 g/mol. The molecule has 1 aromatic heterocycles. The van der Waals surface area contributed by atoms with E-state index in [4.69, 9.17) is 16.3 Å². The molecule has 0 atom stereocenters. The summed E-state index contributed by atoms with van der Waals surface area (Å²) < 4.78 is 7.45. The van der Waals surface area contributed by atoms with E-state index < -0.39 is 0 Å². The lowest BCUT2D eigenvalue weighted by Gasteiger charge is -2.09. The number of hydrogen-bond acceptors (Lipinski definition) is 5. The minimum Gasteiger partial charge on any atom is -0.379 e. The molecular formula is C18H25ClN4O2S. The molecule has 6 nitrogen and oxygen atoms in total. The van der Waals surface area contributed by atoms with Crippen LogP contribution in [0.1, 0.15) is 27.2 Å². The molecule has 1 aromatic carbocycles. The summed E-state index contributed by atoms with van der Waals surface area (Å²) in [6.45, 7) is 8.01. The topological polar surface area (TPSA) is 69.0 Å². The zero-order chi connectivity index (χ0) is 18.9. The first kappa shape index (κ1) is 20.7. The number of halogens is 1. The van der Waals surface area contributed by atoms with Gasteiger partial charge in [-0.1, -0.05) is 23.4 Å². The molecule has 0 radical (unpaired) electrons. The Morgan fingerprint density at radius 3 is 2.69 bits per heavy atom. The number of amides is 1. The third-order valence-corrected chi connectivity index (χ3v) is 4.78. The van der Waals surface area contributed by atoms with E-state index in [1.165, 1.54) is 11.8 Å². The number of ether oxygens (including phenoxy) is 1. The number of rotatable bonds is 10. The van der Waals surface area contributed by atoms with Gasteiger partial charge in [0.15, 0.2) is 11.0 Å². The second-order valence-electron chi connectivity index (χ2n) is 5.97. The summed E-state index contributed by atoms with van der Waals surface area (Å²) in [6.07, 6.45) is 1.02. The number of hydrogen-bond donors (Lipinski definition) is 1. The molecule has 2 rings (SSSR count). The fourth-order valence-corrected chi connectivity index (χ4v) is 3.25. The number of nitrogens with one attached hydrogen (secondary N) is 1. The predicted octanol–water partition coefficient (Wildman–Crippen LogP) is 3.64. The van der Waals surface area contributed by atoms with Gasteiger partial charge in [0.05, 0.1) is 11.9 Å². The van der Waals surface area contributed by atoms with Crippen molar-refractivity contribution in [3.63, 3.8) is 0 Å². The molecule has 26 heavy (non-hydrogen) atoms. The summed E-state index contributed by atoms with van der Waals surface area (Å²) in [4.78, 5) is 12.0. The Kier molecular flexibility index (Phi) is 8.41. The van der Waals surface area contributed by atoms with Crippen molar-refractivity contribution in [3.8, 4) is 11.4 Å². The molecule has 0 unspecified atom stereocenters. The van der Waals surface area contributed by atoms with Crippen LogP contribution < -0.4 is 5.32 Å². The third kappa shape index (κ3) is 6.30. The van der Waals surface area contributed by atoms with Crippen molar-refractivity contribution in [2.45, 2.75) is 45.0 Å². The Labute approximate surface area is 163 Å². The summed E-state index contributed by atoms with van der Waals surface area (Å²) in [5, 5.41) is 12.8. The van der Waals surface area contributed by atoms with Gasteiger partial charge in [0.1, 0.15) is 0 Å². The summed E-state index contributed by atoms with van der Waals surface area (Å²) >= 11 is 7.33. The minimum absolute atomic E-state index is 0.0155. The number of carbonyl (C=O) groups excluding carboxylic acids is 1. The van der Waals surface area contributed by atoms with E-state index in [1.807, 2.05) is 49.6 Å². The number of benzene rings is 1. The average molecular weight is 397 g/mol. The largest absolute Gasteiger partial charge is 0.379 e. The maximum absolute atomic E-state index is 12.0. The van der Waals surface area contributed by atoms with E-state index in [-0.39, 0.29) is 12.0 Å². The van der Waals surface area contributed by atoms with E-state index in [0.717, 1.165) is 29.5 Å². The van der Waals surface area contributed by atoms with Gasteiger partial charge in [0.2, 0.25) is 5.91 Å². The third-order valence-electron chi connectivity index (χ3n) is 3.56. The Balaban J connectivity index is 1.86. The van der Waals surface area contributed by atoms with Gasteiger partial charge in [-0.05, 0) is 51.5 Å². The Hall–Kier alpha value is -1.57. The number of carbonyl (C=O) groups is 1. The molecule has 142 valence electrons. The zero-order valence-electron chi connectivity index (χ0n) is 15.4. The van der Waals surface area contributed by atoms with Crippen LogP contribution in [0.15, 0.2) is 29.4 Å². The summed E-state index contributed by atoms with van der Waals surface area (Å²) in [5.74, 6) is 1.07. The second kappa shape index (κ2) is 10.5. The Morgan fingerprint density at radius 2 is 2.04 bits per heavy atom. The van der Waals surface area contributed by atoms with Crippen LogP contribution in [-0.2, 0) is 16.1 Å². The minimum atomic E-state index is -0.0155. The van der Waals surface area contributed by atoms with Crippen LogP contribution in [0.2, 0.25) is 5.02 Å². The molecule has 1 N–H and O–H groups in total. The van der Waals surface area contributed by atoms with Gasteiger partial charge in [0, 0.05) is 30.3 Å². The van der Waals surface area contributed by atoms with Crippen LogP contribution >= 0.6 is 23.4 Å². The number of thioether (sulfide) groups is 1. The summed E-state index contributed by atoms with van der Waals surface area (Å²) in [7, 11) is 0. The highest BCUT2D eigenvalue weighted by Crippen LogP contribution is 2.24. The molecule has 0 aliphatic heterocycles. The normalized spacial score (nSPS) is 11.1. The van der Waals surface area contributed by atoms with Gasteiger partial charge in [-0.2, -0.15) is 0 Å². The molecule has 2 aromatic rings. The summed E-state index contributed by atoms with van der Waals surface area (Å²) in [5.41, 5.74) is 0.949. The van der Waals surface area contributed by atoms with Crippen molar-refractivity contribution in [3.05, 3.63) is 29.3 Å². The van der Waals surface area contributed by atoms with Crippen molar-refractivity contribution in [2.24, 2.45) is 0 Å². The molecule has 1 amide bonds. The van der Waals surface area contributed by atoms with E-state index in [1.54, 1.807) is 0 Å². The van der Waals surface area contributed by atoms with Crippen LogP contribution in [0.5, 0.6) is 0 Å². The lowest BCUT2D eigenvalue weighted by molar-refractivity contribution is -0.118. The van der Waals surface area contributed by atoms with Gasteiger partial charge < -0.3 is 14.6 Å². The molecule has 0 aliphatic carbocycles. The van der Waals surface area contributed by atoms with E-state index in [0.29, 0.717) is 23.9 Å². The molecule has 0 fully saturated rings. The van der Waals surface area contributed by atoms with Crippen LogP contribution in [0.4, 0.5) is 0 Å². The van der Waals surface area contributed by atoms with Gasteiger partial charge in [0.25, 0.3) is 0 Å². The SMILES string of the molecule is CCn1c(SCC(=O)NCCCOC(C)C)nnc1-c1ccc(Cl)cc1. The van der Waals surface area contributed by atoms with Crippen molar-refractivity contribution in [1.29, 1.82) is 0 Å². The van der Waals surface area contributed by atoms with Crippen LogP contribution in [-0.4, -0.2) is 45.7 Å². The second-order valence-corrected chi connectivity index (χ2v) is 7.35. The highest BCUT2D eigenvalue weighted by molar-refractivity contribution is 7.99. The van der Waals surface area contributed by atoms with Crippen molar-refractivity contribution in [1.82, 2.24) is 20.1 Å². The highest BCUT2D eigenvalue weighted by atomic mass is 35.5. The standard InChI is InChI=1S/C18H25ClN4O2S/c1-4-23-17(14-6-8-15(19)9-7-14)21-22-18(23)26-12-16(24)20-10-5-11-25-13(2)3/h6-9,13H,4-5,10-12H2,1-3H3,(H,20,24). The lowest BCUT2D eigenvalue weighted by Crippen LogP contribution is -2.27. The number of aromatic nitrogens is 3. The van der Waals surface area contributed by atoms with Crippen LogP contribution in [0, 0.1) is 0 Å². The monoisotopic (exact) mass is 396 g/mol. The first-order valence-corrected chi connectivity index (χ1v) is 10.1. The van der Waals surface area contributed by atoms with Gasteiger partial charge in [-0.15, -0.1) is 10.2 Å². The van der Waals surface area contributed by atoms with Crippen molar-refractivity contribution in [2.75, 3.05) is 18.9 Å². The first-order valence-electron chi connectivity index (χ1n) is 8.71. The van der Waals surface area contributed by atoms with Crippen LogP contribution in [0.3, 0.4) is 0 Å². The molecule has 0 saturated carbocycles. The molecule has 1 heterocycles. The van der Waals surface area contributed by atoms with E-state index in [9.17, 15) is 4.79 Å². The molecule has 0 bridgehead atoms. The molecule has 0 saturated heterocycles. The number of nitrogens with zero attached hydrogens (tertiary/aromatic N) is 3. The van der Waals surface area contributed by atoms with Gasteiger partial charge in [-0.3, -0.25) is 4.79 Å². The molecule has 0 spiro atoms. The van der Waals surface area contributed by atoms with E-state index in [2.05, 4.69) is 15.5 Å². The van der Waals surface area contributed by atoms with Gasteiger partial charge in [-0.25, -0.2) is 0 Å². The first-order chi connectivity index (χ1) is 12.5. The van der Waals surface area contributed by atoms with Gasteiger partial charge >= 0.3 is 0 Å². The lowest BCUT2D eigenvalue weighted by atomic mass is 10.2. The average Bonchev–Trinajstić information content (AvgIpc) is 3.03. The molecule has 8 heteroatoms. The highest BCUT2D eigenvalue weighted by Gasteiger charge is 2.14. The van der Waals surface area contributed by atoms with Crippen molar-refractivity contribution >= 4 is 29.3 Å². The van der Waals surface area contributed by atoms with E-state index >= 15 is 0 Å². The quantitative estimate of drug-likeness (QED) is 0.490. The van der Waals surface area contributed by atoms with Crippen molar-refractivity contribution < 1.29 is 9.53 Å². The smallest absolute Gasteiger partial charge is 0.230 e.